The summed E-state index contributed by atoms with van der Waals surface area (Å²) in [5.41, 5.74) is 2.47. The highest BCUT2D eigenvalue weighted by Crippen LogP contribution is 2.23. The molecule has 1 aliphatic heterocycles. The number of anilines is 1. The Morgan fingerprint density at radius 3 is 2.81 bits per heavy atom. The van der Waals surface area contributed by atoms with E-state index in [9.17, 15) is 5.26 Å². The van der Waals surface area contributed by atoms with Crippen LogP contribution >= 0.6 is 0 Å². The number of nitrogens with one attached hydrogen (secondary N) is 1. The van der Waals surface area contributed by atoms with Crippen LogP contribution in [0.4, 0.5) is 5.82 Å². The second kappa shape index (κ2) is 7.37. The van der Waals surface area contributed by atoms with Crippen LogP contribution in [0, 0.1) is 31.1 Å². The predicted octanol–water partition coefficient (Wildman–Crippen LogP) is 2.18. The van der Waals surface area contributed by atoms with Gasteiger partial charge in [-0.15, -0.1) is 5.10 Å². The van der Waals surface area contributed by atoms with E-state index in [1.807, 2.05) is 13.8 Å². The molecule has 1 aromatic rings. The zero-order valence-electron chi connectivity index (χ0n) is 13.3. The minimum absolute atomic E-state index is 0.625. The second-order valence-corrected chi connectivity index (χ2v) is 5.88. The first kappa shape index (κ1) is 15.7. The van der Waals surface area contributed by atoms with E-state index >= 15 is 0 Å². The van der Waals surface area contributed by atoms with Gasteiger partial charge in [0.1, 0.15) is 11.6 Å². The minimum atomic E-state index is 0.625. The lowest BCUT2D eigenvalue weighted by atomic mass is 9.98. The van der Waals surface area contributed by atoms with E-state index in [1.54, 1.807) is 0 Å². The Hall–Kier alpha value is -1.67. The summed E-state index contributed by atoms with van der Waals surface area (Å²) in [5.74, 6) is 1.38. The molecule has 0 aliphatic carbocycles. The van der Waals surface area contributed by atoms with Crippen molar-refractivity contribution in [1.82, 2.24) is 15.5 Å². The number of hydrogen-bond acceptors (Lipinski definition) is 5. The minimum Gasteiger partial charge on any atom is -0.354 e. The number of nitrogens with zero attached hydrogens (tertiary/aromatic N) is 4. The molecule has 2 rings (SSSR count). The predicted molar refractivity (Wildman–Crippen MR) is 84.3 cm³/mol. The van der Waals surface area contributed by atoms with Gasteiger partial charge in [-0.05, 0) is 57.7 Å². The molecule has 5 nitrogen and oxygen atoms in total. The van der Waals surface area contributed by atoms with Gasteiger partial charge in [0.25, 0.3) is 0 Å². The number of hydrogen-bond donors (Lipinski definition) is 1. The lowest BCUT2D eigenvalue weighted by Crippen LogP contribution is -2.39. The van der Waals surface area contributed by atoms with E-state index < -0.39 is 0 Å². The van der Waals surface area contributed by atoms with Gasteiger partial charge in [0, 0.05) is 13.1 Å². The van der Waals surface area contributed by atoms with Gasteiger partial charge >= 0.3 is 0 Å². The summed E-state index contributed by atoms with van der Waals surface area (Å²) >= 11 is 0. The van der Waals surface area contributed by atoms with Crippen molar-refractivity contribution < 1.29 is 0 Å². The summed E-state index contributed by atoms with van der Waals surface area (Å²) < 4.78 is 0. The average Bonchev–Trinajstić information content (AvgIpc) is 2.50. The molecule has 1 saturated heterocycles. The number of piperidine rings is 1. The van der Waals surface area contributed by atoms with Gasteiger partial charge in [-0.25, -0.2) is 0 Å². The van der Waals surface area contributed by atoms with Crippen LogP contribution in [-0.2, 0) is 0 Å². The standard InChI is InChI=1S/C16H25N5/c1-4-8-21(11-14-6-5-7-18-10-14)16-15(9-17)12(2)13(3)19-20-16/h14,18H,4-8,10-11H2,1-3H3. The van der Waals surface area contributed by atoms with Crippen molar-refractivity contribution in [3.05, 3.63) is 16.8 Å². The molecule has 5 heteroatoms. The van der Waals surface area contributed by atoms with Gasteiger partial charge in [-0.2, -0.15) is 10.4 Å². The Morgan fingerprint density at radius 2 is 2.19 bits per heavy atom. The monoisotopic (exact) mass is 287 g/mol. The molecule has 2 heterocycles. The van der Waals surface area contributed by atoms with E-state index in [1.165, 1.54) is 12.8 Å². The van der Waals surface area contributed by atoms with Crippen LogP contribution in [0.2, 0.25) is 0 Å². The van der Waals surface area contributed by atoms with E-state index in [-0.39, 0.29) is 0 Å². The van der Waals surface area contributed by atoms with Crippen LogP contribution in [0.25, 0.3) is 0 Å². The number of aromatic nitrogens is 2. The molecule has 1 aliphatic rings. The van der Waals surface area contributed by atoms with Crippen LogP contribution in [-0.4, -0.2) is 36.4 Å². The summed E-state index contributed by atoms with van der Waals surface area (Å²) in [5, 5.41) is 21.5. The lowest BCUT2D eigenvalue weighted by Gasteiger charge is -2.31. The summed E-state index contributed by atoms with van der Waals surface area (Å²) in [6, 6.07) is 2.32. The largest absolute Gasteiger partial charge is 0.354 e. The SMILES string of the molecule is CCCN(CC1CCCNC1)c1nnc(C)c(C)c1C#N. The lowest BCUT2D eigenvalue weighted by molar-refractivity contribution is 0.375. The molecule has 1 aromatic heterocycles. The third kappa shape index (κ3) is 3.70. The molecule has 1 atom stereocenters. The molecule has 1 N–H and O–H groups in total. The fraction of sp³-hybridized carbons (Fsp3) is 0.688. The highest BCUT2D eigenvalue weighted by molar-refractivity contribution is 5.57. The maximum Gasteiger partial charge on any atom is 0.169 e. The maximum absolute atomic E-state index is 9.49. The Bertz CT molecular complexity index is 514. The Labute approximate surface area is 127 Å². The van der Waals surface area contributed by atoms with Gasteiger partial charge in [0.2, 0.25) is 0 Å². The van der Waals surface area contributed by atoms with E-state index in [0.29, 0.717) is 11.5 Å². The zero-order valence-corrected chi connectivity index (χ0v) is 13.3. The molecule has 1 fully saturated rings. The molecule has 0 amide bonds. The van der Waals surface area contributed by atoms with Gasteiger partial charge in [-0.3, -0.25) is 0 Å². The topological polar surface area (TPSA) is 64.8 Å². The fourth-order valence-corrected chi connectivity index (χ4v) is 2.90. The number of aryl methyl sites for hydroxylation is 1. The van der Waals surface area contributed by atoms with Crippen molar-refractivity contribution in [3.8, 4) is 6.07 Å². The molecular formula is C16H25N5. The van der Waals surface area contributed by atoms with E-state index in [0.717, 1.165) is 49.7 Å². The Morgan fingerprint density at radius 1 is 1.38 bits per heavy atom. The highest BCUT2D eigenvalue weighted by Gasteiger charge is 2.21. The van der Waals surface area contributed by atoms with Crippen LogP contribution < -0.4 is 10.2 Å². The van der Waals surface area contributed by atoms with Crippen LogP contribution in [0.5, 0.6) is 0 Å². The number of rotatable bonds is 5. The second-order valence-electron chi connectivity index (χ2n) is 5.88. The summed E-state index contributed by atoms with van der Waals surface area (Å²) in [6.45, 7) is 10.1. The smallest absolute Gasteiger partial charge is 0.169 e. The molecule has 114 valence electrons. The van der Waals surface area contributed by atoms with Gasteiger partial charge in [0.15, 0.2) is 5.82 Å². The highest BCUT2D eigenvalue weighted by atomic mass is 15.3. The molecule has 0 saturated carbocycles. The maximum atomic E-state index is 9.49. The zero-order chi connectivity index (χ0) is 15.2. The van der Waals surface area contributed by atoms with Crippen molar-refractivity contribution in [2.75, 3.05) is 31.1 Å². The molecule has 21 heavy (non-hydrogen) atoms. The van der Waals surface area contributed by atoms with Crippen LogP contribution in [0.3, 0.4) is 0 Å². The van der Waals surface area contributed by atoms with Crippen molar-refractivity contribution >= 4 is 5.82 Å². The molecule has 0 radical (unpaired) electrons. The first-order valence-corrected chi connectivity index (χ1v) is 7.87. The normalized spacial score (nSPS) is 18.3. The van der Waals surface area contributed by atoms with Crippen LogP contribution in [0.15, 0.2) is 0 Å². The fourth-order valence-electron chi connectivity index (χ4n) is 2.90. The molecule has 0 bridgehead atoms. The summed E-state index contributed by atoms with van der Waals surface area (Å²) in [6.07, 6.45) is 3.52. The molecular weight excluding hydrogens is 262 g/mol. The van der Waals surface area contributed by atoms with Crippen molar-refractivity contribution in [3.63, 3.8) is 0 Å². The molecule has 0 aromatic carbocycles. The van der Waals surface area contributed by atoms with Gasteiger partial charge in [-0.1, -0.05) is 6.92 Å². The molecule has 0 spiro atoms. The summed E-state index contributed by atoms with van der Waals surface area (Å²) in [4.78, 5) is 2.25. The summed E-state index contributed by atoms with van der Waals surface area (Å²) in [7, 11) is 0. The first-order chi connectivity index (χ1) is 10.2. The van der Waals surface area contributed by atoms with Crippen molar-refractivity contribution in [2.45, 2.75) is 40.0 Å². The third-order valence-corrected chi connectivity index (χ3v) is 4.22. The number of nitriles is 1. The third-order valence-electron chi connectivity index (χ3n) is 4.22. The van der Waals surface area contributed by atoms with Crippen molar-refractivity contribution in [2.24, 2.45) is 5.92 Å². The van der Waals surface area contributed by atoms with E-state index in [4.69, 9.17) is 0 Å². The average molecular weight is 287 g/mol. The quantitative estimate of drug-likeness (QED) is 0.899. The van der Waals surface area contributed by atoms with Gasteiger partial charge < -0.3 is 10.2 Å². The molecule has 1 unspecified atom stereocenters. The first-order valence-electron chi connectivity index (χ1n) is 7.87. The van der Waals surface area contributed by atoms with E-state index in [2.05, 4.69) is 33.4 Å². The Balaban J connectivity index is 2.25. The Kier molecular flexibility index (Phi) is 5.51. The van der Waals surface area contributed by atoms with Crippen LogP contribution in [0.1, 0.15) is 43.0 Å². The van der Waals surface area contributed by atoms with Crippen molar-refractivity contribution in [1.29, 1.82) is 5.26 Å². The van der Waals surface area contributed by atoms with Gasteiger partial charge in [0.05, 0.1) is 5.69 Å².